The van der Waals surface area contributed by atoms with Gasteiger partial charge in [0.15, 0.2) is 11.5 Å². The van der Waals surface area contributed by atoms with Crippen LogP contribution in [0.2, 0.25) is 5.15 Å². The van der Waals surface area contributed by atoms with Crippen molar-refractivity contribution in [2.75, 3.05) is 0 Å². The van der Waals surface area contributed by atoms with Crippen molar-refractivity contribution in [2.45, 2.75) is 12.1 Å². The van der Waals surface area contributed by atoms with Crippen molar-refractivity contribution in [3.8, 4) is 23.1 Å². The summed E-state index contributed by atoms with van der Waals surface area (Å²) in [4.78, 5) is 8.30. The van der Waals surface area contributed by atoms with Crippen molar-refractivity contribution in [3.63, 3.8) is 0 Å². The second-order valence-electron chi connectivity index (χ2n) is 5.27. The number of alkyl halides is 4. The van der Waals surface area contributed by atoms with Crippen molar-refractivity contribution in [1.29, 1.82) is 0 Å². The summed E-state index contributed by atoms with van der Waals surface area (Å²) in [5.41, 5.74) is 0.516. The van der Waals surface area contributed by atoms with E-state index < -0.39 is 11.9 Å². The molecule has 2 aromatic heterocycles. The predicted molar refractivity (Wildman–Crippen MR) is 90.3 cm³/mol. The van der Waals surface area contributed by atoms with E-state index in [1.807, 2.05) is 12.1 Å². The van der Waals surface area contributed by atoms with Gasteiger partial charge in [-0.05, 0) is 5.56 Å². The van der Waals surface area contributed by atoms with E-state index in [4.69, 9.17) is 27.9 Å². The third-order valence-electron chi connectivity index (χ3n) is 3.37. The van der Waals surface area contributed by atoms with Crippen LogP contribution in [0.15, 0.2) is 36.4 Å². The summed E-state index contributed by atoms with van der Waals surface area (Å²) >= 11 is 11.7. The molecule has 0 aliphatic heterocycles. The zero-order valence-corrected chi connectivity index (χ0v) is 14.8. The predicted octanol–water partition coefficient (Wildman–Crippen LogP) is 5.08. The van der Waals surface area contributed by atoms with Crippen LogP contribution in [0.4, 0.5) is 13.2 Å². The molecule has 5 nitrogen and oxygen atoms in total. The number of aromatic nitrogens is 4. The van der Waals surface area contributed by atoms with Gasteiger partial charge in [-0.15, -0.1) is 11.6 Å². The van der Waals surface area contributed by atoms with Gasteiger partial charge in [-0.2, -0.15) is 23.3 Å². The minimum atomic E-state index is -4.57. The number of nitrogens with zero attached hydrogens (tertiary/aromatic N) is 4. The first-order valence-corrected chi connectivity index (χ1v) is 8.16. The summed E-state index contributed by atoms with van der Waals surface area (Å²) in [6.07, 6.45) is -4.57. The maximum atomic E-state index is 12.7. The Bertz CT molecular complexity index is 926. The molecule has 10 heteroatoms. The van der Waals surface area contributed by atoms with Gasteiger partial charge in [-0.3, -0.25) is 0 Å². The molecule has 0 atom stereocenters. The van der Waals surface area contributed by atoms with Crippen LogP contribution < -0.4 is 4.74 Å². The van der Waals surface area contributed by atoms with Crippen LogP contribution in [0.25, 0.3) is 11.4 Å². The fraction of sp³-hybridized carbons (Fsp3) is 0.188. The number of halogens is 5. The van der Waals surface area contributed by atoms with Crippen molar-refractivity contribution in [3.05, 3.63) is 52.8 Å². The Morgan fingerprint density at radius 2 is 1.81 bits per heavy atom. The molecule has 3 rings (SSSR count). The number of aryl methyl sites for hydroxylation is 1. The zero-order chi connectivity index (χ0) is 18.9. The van der Waals surface area contributed by atoms with Crippen molar-refractivity contribution in [1.82, 2.24) is 19.7 Å². The number of hydrogen-bond acceptors (Lipinski definition) is 4. The summed E-state index contributed by atoms with van der Waals surface area (Å²) in [7, 11) is 1.33. The average Bonchev–Trinajstić information content (AvgIpc) is 2.95. The van der Waals surface area contributed by atoms with Crippen LogP contribution in [-0.2, 0) is 19.1 Å². The molecule has 0 N–H and O–H groups in total. The van der Waals surface area contributed by atoms with Gasteiger partial charge in [-0.1, -0.05) is 35.9 Å². The Kier molecular flexibility index (Phi) is 5.06. The van der Waals surface area contributed by atoms with Crippen LogP contribution in [-0.4, -0.2) is 19.7 Å². The first-order valence-electron chi connectivity index (χ1n) is 7.25. The molecule has 0 amide bonds. The maximum Gasteiger partial charge on any atom is 0.435 e. The van der Waals surface area contributed by atoms with Crippen molar-refractivity contribution in [2.24, 2.45) is 7.05 Å². The normalized spacial score (nSPS) is 11.6. The molecule has 1 aromatic carbocycles. The molecule has 0 radical (unpaired) electrons. The van der Waals surface area contributed by atoms with Gasteiger partial charge in [-0.25, -0.2) is 9.67 Å². The molecular formula is C16H11Cl2F3N4O. The highest BCUT2D eigenvalue weighted by Crippen LogP contribution is 2.32. The van der Waals surface area contributed by atoms with E-state index in [0.29, 0.717) is 11.4 Å². The van der Waals surface area contributed by atoms with E-state index in [-0.39, 0.29) is 22.7 Å². The molecule has 0 bridgehead atoms. The Labute approximate surface area is 156 Å². The third-order valence-corrected chi connectivity index (χ3v) is 3.88. The summed E-state index contributed by atoms with van der Waals surface area (Å²) in [5, 5.41) is 3.47. The van der Waals surface area contributed by atoms with Crippen LogP contribution in [0, 0.1) is 0 Å². The Balaban J connectivity index is 1.92. The van der Waals surface area contributed by atoms with Gasteiger partial charge in [0.25, 0.3) is 0 Å². The first kappa shape index (κ1) is 18.5. The zero-order valence-electron chi connectivity index (χ0n) is 13.3. The first-order chi connectivity index (χ1) is 12.3. The second-order valence-corrected chi connectivity index (χ2v) is 5.93. The lowest BCUT2D eigenvalue weighted by atomic mass is 10.1. The van der Waals surface area contributed by atoms with E-state index in [2.05, 4.69) is 15.1 Å². The summed E-state index contributed by atoms with van der Waals surface area (Å²) in [6, 6.07) is 9.23. The minimum absolute atomic E-state index is 0.00172. The molecule has 0 spiro atoms. The number of hydrogen-bond donors (Lipinski definition) is 0. The lowest BCUT2D eigenvalue weighted by Crippen LogP contribution is -2.06. The molecule has 0 aliphatic carbocycles. The van der Waals surface area contributed by atoms with Crippen molar-refractivity contribution < 1.29 is 17.9 Å². The fourth-order valence-corrected chi connectivity index (χ4v) is 2.46. The molecule has 2 heterocycles. The van der Waals surface area contributed by atoms with Gasteiger partial charge in [0.2, 0.25) is 11.8 Å². The summed E-state index contributed by atoms with van der Waals surface area (Å²) in [5.74, 6) is 0.507. The van der Waals surface area contributed by atoms with Gasteiger partial charge >= 0.3 is 6.18 Å². The Morgan fingerprint density at radius 3 is 2.38 bits per heavy atom. The standard InChI is InChI=1S/C16H11Cl2F3N4O/c1-25-14(6-11(24-25)16(19,20)21)26-13-7-12(18)22-15(23-13)10-4-2-9(8-17)3-5-10/h2-7H,8H2,1H3. The maximum absolute atomic E-state index is 12.7. The molecule has 0 aliphatic rings. The number of ether oxygens (including phenoxy) is 1. The second kappa shape index (κ2) is 7.13. The topological polar surface area (TPSA) is 52.8 Å². The van der Waals surface area contributed by atoms with E-state index in [9.17, 15) is 13.2 Å². The Morgan fingerprint density at radius 1 is 1.12 bits per heavy atom. The molecule has 0 saturated heterocycles. The van der Waals surface area contributed by atoms with Crippen LogP contribution in [0.1, 0.15) is 11.3 Å². The molecule has 0 unspecified atom stereocenters. The highest BCUT2D eigenvalue weighted by Gasteiger charge is 2.35. The summed E-state index contributed by atoms with van der Waals surface area (Å²) < 4.78 is 44.6. The minimum Gasteiger partial charge on any atom is -0.421 e. The number of benzene rings is 1. The van der Waals surface area contributed by atoms with E-state index >= 15 is 0 Å². The highest BCUT2D eigenvalue weighted by molar-refractivity contribution is 6.29. The molecule has 0 saturated carbocycles. The third kappa shape index (κ3) is 4.08. The lowest BCUT2D eigenvalue weighted by molar-refractivity contribution is -0.141. The van der Waals surface area contributed by atoms with Crippen LogP contribution in [0.5, 0.6) is 11.8 Å². The number of rotatable bonds is 4. The van der Waals surface area contributed by atoms with Crippen molar-refractivity contribution >= 4 is 23.2 Å². The highest BCUT2D eigenvalue weighted by atomic mass is 35.5. The quantitative estimate of drug-likeness (QED) is 0.450. The van der Waals surface area contributed by atoms with Gasteiger partial charge < -0.3 is 4.74 Å². The SMILES string of the molecule is Cn1nc(C(F)(F)F)cc1Oc1cc(Cl)nc(-c2ccc(CCl)cc2)n1. The monoisotopic (exact) mass is 402 g/mol. The molecular weight excluding hydrogens is 392 g/mol. The van der Waals surface area contributed by atoms with Gasteiger partial charge in [0.05, 0.1) is 0 Å². The van der Waals surface area contributed by atoms with Crippen LogP contribution in [0.3, 0.4) is 0 Å². The summed E-state index contributed by atoms with van der Waals surface area (Å²) in [6.45, 7) is 0. The van der Waals surface area contributed by atoms with Gasteiger partial charge in [0, 0.05) is 30.6 Å². The smallest absolute Gasteiger partial charge is 0.421 e. The largest absolute Gasteiger partial charge is 0.435 e. The van der Waals surface area contributed by atoms with Crippen LogP contribution >= 0.6 is 23.2 Å². The van der Waals surface area contributed by atoms with E-state index in [1.165, 1.54) is 13.1 Å². The molecule has 26 heavy (non-hydrogen) atoms. The fourth-order valence-electron chi connectivity index (χ4n) is 2.11. The van der Waals surface area contributed by atoms with E-state index in [0.717, 1.165) is 16.3 Å². The van der Waals surface area contributed by atoms with E-state index in [1.54, 1.807) is 12.1 Å². The molecule has 3 aromatic rings. The molecule has 0 fully saturated rings. The van der Waals surface area contributed by atoms with Gasteiger partial charge in [0.1, 0.15) is 5.15 Å². The molecule has 136 valence electrons. The Hall–Kier alpha value is -2.32. The lowest BCUT2D eigenvalue weighted by Gasteiger charge is -2.07. The average molecular weight is 403 g/mol.